The van der Waals surface area contributed by atoms with Gasteiger partial charge in [-0.25, -0.2) is 4.79 Å². The highest BCUT2D eigenvalue weighted by Gasteiger charge is 2.29. The number of methoxy groups -OCH3 is 1. The molecular weight excluding hydrogens is 434 g/mol. The maximum atomic E-state index is 12.3. The minimum Gasteiger partial charge on any atom is -0.497 e. The maximum absolute atomic E-state index is 12.3. The summed E-state index contributed by atoms with van der Waals surface area (Å²) in [7, 11) is 1.48. The van der Waals surface area contributed by atoms with Gasteiger partial charge in [-0.3, -0.25) is 4.79 Å². The van der Waals surface area contributed by atoms with Gasteiger partial charge in [0.2, 0.25) is 0 Å². The molecule has 176 valence electrons. The van der Waals surface area contributed by atoms with Crippen LogP contribution in [0.4, 0.5) is 4.79 Å². The molecule has 0 spiro atoms. The molecule has 0 radical (unpaired) electrons. The number of rotatable bonds is 9. The van der Waals surface area contributed by atoms with E-state index in [0.717, 1.165) is 22.3 Å². The summed E-state index contributed by atoms with van der Waals surface area (Å²) in [5.74, 6) is 0.437. The van der Waals surface area contributed by atoms with Crippen molar-refractivity contribution < 1.29 is 29.3 Å². The minimum absolute atomic E-state index is 0.0394. The Balaban J connectivity index is 1.29. The Bertz CT molecular complexity index is 1130. The first-order chi connectivity index (χ1) is 16.5. The van der Waals surface area contributed by atoms with E-state index in [1.165, 1.54) is 19.2 Å². The molecule has 1 aliphatic rings. The first-order valence-electron chi connectivity index (χ1n) is 11.1. The molecule has 0 saturated heterocycles. The van der Waals surface area contributed by atoms with Crippen molar-refractivity contribution in [2.45, 2.75) is 24.5 Å². The summed E-state index contributed by atoms with van der Waals surface area (Å²) in [4.78, 5) is 23.6. The van der Waals surface area contributed by atoms with Crippen LogP contribution in [0, 0.1) is 0 Å². The van der Waals surface area contributed by atoms with Gasteiger partial charge in [0.15, 0.2) is 6.29 Å². The van der Waals surface area contributed by atoms with Gasteiger partial charge in [0, 0.05) is 18.0 Å². The van der Waals surface area contributed by atoms with Gasteiger partial charge >= 0.3 is 6.09 Å². The highest BCUT2D eigenvalue weighted by molar-refractivity contribution is 5.79. The van der Waals surface area contributed by atoms with Crippen LogP contribution in [0.5, 0.6) is 5.75 Å². The number of hydrogen-bond donors (Lipinski definition) is 3. The van der Waals surface area contributed by atoms with Gasteiger partial charge in [0.25, 0.3) is 0 Å². The third-order valence-electron chi connectivity index (χ3n) is 6.16. The van der Waals surface area contributed by atoms with Crippen molar-refractivity contribution in [1.29, 1.82) is 0 Å². The molecule has 3 aromatic rings. The zero-order valence-electron chi connectivity index (χ0n) is 18.8. The number of fused-ring (bicyclic) bond motifs is 3. The fraction of sp³-hybridized carbons (Fsp3) is 0.259. The number of carbonyl (C=O) groups is 2. The van der Waals surface area contributed by atoms with Crippen LogP contribution in [0.15, 0.2) is 66.7 Å². The predicted octanol–water partition coefficient (Wildman–Crippen LogP) is 3.83. The normalized spacial score (nSPS) is 14.0. The smallest absolute Gasteiger partial charge is 0.407 e. The van der Waals surface area contributed by atoms with Crippen LogP contribution in [0.25, 0.3) is 11.1 Å². The number of hydrogen-bond acceptors (Lipinski definition) is 6. The largest absolute Gasteiger partial charge is 0.497 e. The Morgan fingerprint density at radius 1 is 1.03 bits per heavy atom. The molecule has 0 saturated carbocycles. The Morgan fingerprint density at radius 3 is 2.29 bits per heavy atom. The summed E-state index contributed by atoms with van der Waals surface area (Å²) in [6.45, 7) is 0.293. The van der Waals surface area contributed by atoms with E-state index in [0.29, 0.717) is 17.6 Å². The van der Waals surface area contributed by atoms with Crippen LogP contribution in [0.3, 0.4) is 0 Å². The molecule has 2 unspecified atom stereocenters. The van der Waals surface area contributed by atoms with Gasteiger partial charge in [-0.05, 0) is 46.4 Å². The van der Waals surface area contributed by atoms with Gasteiger partial charge in [0.1, 0.15) is 18.5 Å². The third kappa shape index (κ3) is 4.81. The van der Waals surface area contributed by atoms with Crippen molar-refractivity contribution >= 4 is 12.4 Å². The van der Waals surface area contributed by atoms with E-state index in [4.69, 9.17) is 9.47 Å². The van der Waals surface area contributed by atoms with E-state index in [1.54, 1.807) is 6.07 Å². The lowest BCUT2D eigenvalue weighted by Crippen LogP contribution is -2.31. The summed E-state index contributed by atoms with van der Waals surface area (Å²) in [6, 6.07) is 20.8. The molecule has 0 aromatic heterocycles. The zero-order chi connectivity index (χ0) is 24.1. The molecule has 0 fully saturated rings. The maximum Gasteiger partial charge on any atom is 0.407 e. The van der Waals surface area contributed by atoms with Crippen molar-refractivity contribution in [3.63, 3.8) is 0 Å². The second kappa shape index (κ2) is 10.5. The van der Waals surface area contributed by atoms with Crippen LogP contribution < -0.4 is 10.1 Å². The lowest BCUT2D eigenvalue weighted by molar-refractivity contribution is 0.0133. The Morgan fingerprint density at radius 2 is 1.68 bits per heavy atom. The number of aliphatic hydroxyl groups excluding tert-OH is 2. The summed E-state index contributed by atoms with van der Waals surface area (Å²) >= 11 is 0. The van der Waals surface area contributed by atoms with Crippen molar-refractivity contribution in [2.75, 3.05) is 20.3 Å². The molecule has 3 N–H and O–H groups in total. The molecule has 3 aromatic carbocycles. The van der Waals surface area contributed by atoms with Crippen LogP contribution in [0.2, 0.25) is 0 Å². The van der Waals surface area contributed by atoms with Crippen LogP contribution in [-0.4, -0.2) is 49.0 Å². The molecule has 2 atom stereocenters. The number of nitrogens with one attached hydrogen (secondary N) is 1. The first kappa shape index (κ1) is 23.5. The third-order valence-corrected chi connectivity index (χ3v) is 6.16. The Hall–Kier alpha value is -3.68. The summed E-state index contributed by atoms with van der Waals surface area (Å²) in [6.07, 6.45) is -2.38. The van der Waals surface area contributed by atoms with Crippen molar-refractivity contribution in [2.24, 2.45) is 0 Å². The van der Waals surface area contributed by atoms with E-state index >= 15 is 0 Å². The molecule has 0 bridgehead atoms. The summed E-state index contributed by atoms with van der Waals surface area (Å²) in [5.41, 5.74) is 5.08. The predicted molar refractivity (Wildman–Crippen MR) is 127 cm³/mol. The van der Waals surface area contributed by atoms with Crippen LogP contribution in [0.1, 0.15) is 45.5 Å². The summed E-state index contributed by atoms with van der Waals surface area (Å²) in [5, 5.41) is 23.4. The topological polar surface area (TPSA) is 105 Å². The van der Waals surface area contributed by atoms with E-state index < -0.39 is 18.3 Å². The number of benzene rings is 3. The number of amides is 1. The van der Waals surface area contributed by atoms with E-state index in [2.05, 4.69) is 17.4 Å². The van der Waals surface area contributed by atoms with E-state index in [1.807, 2.05) is 36.4 Å². The fourth-order valence-corrected chi connectivity index (χ4v) is 4.39. The number of carbonyl (C=O) groups excluding carboxylic acids is 2. The molecule has 1 amide bonds. The second-order valence-corrected chi connectivity index (χ2v) is 8.17. The fourth-order valence-electron chi connectivity index (χ4n) is 4.39. The van der Waals surface area contributed by atoms with Gasteiger partial charge in [-0.1, -0.05) is 54.6 Å². The number of aliphatic hydroxyl groups is 2. The zero-order valence-corrected chi connectivity index (χ0v) is 18.8. The Labute approximate surface area is 198 Å². The van der Waals surface area contributed by atoms with Gasteiger partial charge in [-0.15, -0.1) is 0 Å². The molecule has 4 rings (SSSR count). The molecule has 7 heteroatoms. The van der Waals surface area contributed by atoms with Gasteiger partial charge in [-0.2, -0.15) is 0 Å². The standard InChI is InChI=1S/C27H27NO6/c1-33-18-10-11-19(17(14-18)15-29)26(31)25(30)12-13-28-27(32)34-16-24-22-8-4-2-6-20(22)21-7-3-5-9-23(21)24/h2-11,14-15,24-26,30-31H,12-13,16H2,1H3,(H,28,32). The molecule has 1 aliphatic carbocycles. The second-order valence-electron chi connectivity index (χ2n) is 8.17. The molecule has 34 heavy (non-hydrogen) atoms. The van der Waals surface area contributed by atoms with Crippen LogP contribution >= 0.6 is 0 Å². The van der Waals surface area contributed by atoms with E-state index in [-0.39, 0.29) is 31.1 Å². The minimum atomic E-state index is -1.28. The molecular formula is C27H27NO6. The highest BCUT2D eigenvalue weighted by atomic mass is 16.5. The molecule has 7 nitrogen and oxygen atoms in total. The van der Waals surface area contributed by atoms with Crippen LogP contribution in [-0.2, 0) is 4.74 Å². The molecule has 0 heterocycles. The number of alkyl carbamates (subject to hydrolysis) is 1. The first-order valence-corrected chi connectivity index (χ1v) is 11.1. The highest BCUT2D eigenvalue weighted by Crippen LogP contribution is 2.44. The lowest BCUT2D eigenvalue weighted by Gasteiger charge is -2.20. The van der Waals surface area contributed by atoms with Crippen molar-refractivity contribution in [3.8, 4) is 16.9 Å². The van der Waals surface area contributed by atoms with Gasteiger partial charge < -0.3 is 25.0 Å². The SMILES string of the molecule is COc1ccc(C(O)C(O)CCNC(=O)OCC2c3ccccc3-c3ccccc32)c(C=O)c1. The monoisotopic (exact) mass is 461 g/mol. The van der Waals surface area contributed by atoms with Crippen molar-refractivity contribution in [1.82, 2.24) is 5.32 Å². The molecule has 0 aliphatic heterocycles. The Kier molecular flexibility index (Phi) is 7.25. The lowest BCUT2D eigenvalue weighted by atomic mass is 9.97. The summed E-state index contributed by atoms with van der Waals surface area (Å²) < 4.78 is 10.6. The average molecular weight is 462 g/mol. The number of aldehydes is 1. The quantitative estimate of drug-likeness (QED) is 0.419. The van der Waals surface area contributed by atoms with E-state index in [9.17, 15) is 19.8 Å². The van der Waals surface area contributed by atoms with Crippen molar-refractivity contribution in [3.05, 3.63) is 89.0 Å². The van der Waals surface area contributed by atoms with Gasteiger partial charge in [0.05, 0.1) is 13.2 Å². The average Bonchev–Trinajstić information content (AvgIpc) is 3.20. The number of ether oxygens (including phenoxy) is 2.